The van der Waals surface area contributed by atoms with E-state index in [-0.39, 0.29) is 17.3 Å². The minimum absolute atomic E-state index is 0.172. The van der Waals surface area contributed by atoms with E-state index in [1.807, 2.05) is 26.0 Å². The lowest BCUT2D eigenvalue weighted by Crippen LogP contribution is -2.12. The second kappa shape index (κ2) is 8.78. The van der Waals surface area contributed by atoms with Crippen LogP contribution in [0.25, 0.3) is 22.3 Å². The van der Waals surface area contributed by atoms with Gasteiger partial charge in [-0.1, -0.05) is 30.3 Å². The molecule has 0 fully saturated rings. The molecule has 0 amide bonds. The molecule has 0 radical (unpaired) electrons. The molecule has 1 atom stereocenters. The lowest BCUT2D eigenvalue weighted by Gasteiger charge is -2.19. The summed E-state index contributed by atoms with van der Waals surface area (Å²) in [6.45, 7) is 3.85. The van der Waals surface area contributed by atoms with Gasteiger partial charge in [-0.25, -0.2) is 14.8 Å². The molecule has 0 saturated carbocycles. The minimum atomic E-state index is -1.02. The summed E-state index contributed by atoms with van der Waals surface area (Å²) in [5.41, 5.74) is 5.26. The van der Waals surface area contributed by atoms with Crippen LogP contribution in [0.1, 0.15) is 45.7 Å². The number of nitrogens with one attached hydrogen (secondary N) is 1. The maximum atomic E-state index is 11.6. The van der Waals surface area contributed by atoms with E-state index in [1.54, 1.807) is 48.5 Å². The third kappa shape index (κ3) is 4.21. The predicted molar refractivity (Wildman–Crippen MR) is 125 cm³/mol. The number of nitrogens with zero attached hydrogens (tertiary/aromatic N) is 4. The number of para-hydroxylation sites is 1. The van der Waals surface area contributed by atoms with Crippen LogP contribution in [0.2, 0.25) is 0 Å². The van der Waals surface area contributed by atoms with Crippen LogP contribution in [0.5, 0.6) is 0 Å². The van der Waals surface area contributed by atoms with Crippen LogP contribution in [0, 0.1) is 29.6 Å². The molecule has 0 aliphatic carbocycles. The number of carbonyl (C=O) groups is 1. The molecule has 0 aliphatic heterocycles. The third-order valence-corrected chi connectivity index (χ3v) is 5.31. The summed E-state index contributed by atoms with van der Waals surface area (Å²) in [4.78, 5) is 21.0. The van der Waals surface area contributed by atoms with Crippen LogP contribution in [0.15, 0.2) is 60.7 Å². The molecule has 1 heterocycles. The first-order valence-electron chi connectivity index (χ1n) is 10.2. The number of carboxylic acid groups (broad SMARTS) is 1. The summed E-state index contributed by atoms with van der Waals surface area (Å²) in [5.74, 6) is -1.02. The van der Waals surface area contributed by atoms with Crippen molar-refractivity contribution < 1.29 is 9.90 Å². The summed E-state index contributed by atoms with van der Waals surface area (Å²) in [7, 11) is 0. The molecule has 0 spiro atoms. The Morgan fingerprint density at radius 3 is 2.55 bits per heavy atom. The van der Waals surface area contributed by atoms with Gasteiger partial charge in [0.25, 0.3) is 0 Å². The lowest BCUT2D eigenvalue weighted by atomic mass is 10.0. The first-order valence-corrected chi connectivity index (χ1v) is 10.2. The number of anilines is 1. The van der Waals surface area contributed by atoms with Crippen LogP contribution in [-0.2, 0) is 0 Å². The highest BCUT2D eigenvalue weighted by molar-refractivity contribution is 5.94. The Hall–Kier alpha value is -4.75. The summed E-state index contributed by atoms with van der Waals surface area (Å²) in [5, 5.41) is 31.7. The second-order valence-corrected chi connectivity index (χ2v) is 7.66. The van der Waals surface area contributed by atoms with Crippen molar-refractivity contribution in [3.05, 3.63) is 88.6 Å². The fraction of sp³-hybridized carbons (Fsp3) is 0.115. The van der Waals surface area contributed by atoms with E-state index >= 15 is 0 Å². The number of aromatic nitrogens is 2. The van der Waals surface area contributed by atoms with Gasteiger partial charge in [0.05, 0.1) is 34.3 Å². The number of hydrogen-bond acceptors (Lipinski definition) is 6. The number of rotatable bonds is 5. The van der Waals surface area contributed by atoms with E-state index in [0.717, 1.165) is 11.1 Å². The second-order valence-electron chi connectivity index (χ2n) is 7.66. The topological polar surface area (TPSA) is 123 Å². The quantitative estimate of drug-likeness (QED) is 0.442. The average Bonchev–Trinajstić information content (AvgIpc) is 2.82. The third-order valence-electron chi connectivity index (χ3n) is 5.31. The highest BCUT2D eigenvalue weighted by Gasteiger charge is 2.19. The van der Waals surface area contributed by atoms with Crippen LogP contribution in [-0.4, -0.2) is 21.0 Å². The molecule has 0 aliphatic rings. The molecular formula is C26H19N5O2. The molecule has 0 saturated heterocycles. The summed E-state index contributed by atoms with van der Waals surface area (Å²) in [6, 6.07) is 21.4. The fourth-order valence-corrected chi connectivity index (χ4v) is 3.78. The van der Waals surface area contributed by atoms with Gasteiger partial charge < -0.3 is 10.4 Å². The standard InChI is InChI=1S/C26H19N5O2/c1-15-10-20(16(2)29-21-9-4-3-8-19(21)26(32)33)25-22(11-15)30-23(14-28)24(31-25)18-7-5-6-17(12-18)13-27/h3-12,16,29H,1-2H3,(H,32,33)/t16-/m1/s1. The molecule has 33 heavy (non-hydrogen) atoms. The smallest absolute Gasteiger partial charge is 0.337 e. The zero-order chi connectivity index (χ0) is 23.5. The highest BCUT2D eigenvalue weighted by atomic mass is 16.4. The van der Waals surface area contributed by atoms with Crippen molar-refractivity contribution in [3.63, 3.8) is 0 Å². The molecule has 0 unspecified atom stereocenters. The molecule has 160 valence electrons. The van der Waals surface area contributed by atoms with Gasteiger partial charge in [0, 0.05) is 16.8 Å². The molecule has 2 N–H and O–H groups in total. The maximum absolute atomic E-state index is 11.6. The lowest BCUT2D eigenvalue weighted by molar-refractivity contribution is 0.0698. The predicted octanol–water partition coefficient (Wildman–Crippen LogP) is 5.22. The van der Waals surface area contributed by atoms with E-state index in [4.69, 9.17) is 4.98 Å². The van der Waals surface area contributed by atoms with Crippen LogP contribution in [0.3, 0.4) is 0 Å². The van der Waals surface area contributed by atoms with Crippen LogP contribution < -0.4 is 5.32 Å². The first-order chi connectivity index (χ1) is 15.9. The number of fused-ring (bicyclic) bond motifs is 1. The van der Waals surface area contributed by atoms with Crippen LogP contribution >= 0.6 is 0 Å². The zero-order valence-corrected chi connectivity index (χ0v) is 18.0. The Balaban J connectivity index is 1.88. The van der Waals surface area contributed by atoms with Gasteiger partial charge in [-0.05, 0) is 49.7 Å². The SMILES string of the molecule is Cc1cc([C@@H](C)Nc2ccccc2C(=O)O)c2nc(-c3cccc(C#N)c3)c(C#N)nc2c1. The van der Waals surface area contributed by atoms with Crippen molar-refractivity contribution in [2.24, 2.45) is 0 Å². The van der Waals surface area contributed by atoms with Crippen molar-refractivity contribution in [1.82, 2.24) is 9.97 Å². The molecule has 7 heteroatoms. The van der Waals surface area contributed by atoms with Crippen molar-refractivity contribution in [1.29, 1.82) is 10.5 Å². The molecular weight excluding hydrogens is 414 g/mol. The van der Waals surface area contributed by atoms with Gasteiger partial charge in [-0.2, -0.15) is 10.5 Å². The van der Waals surface area contributed by atoms with Gasteiger partial charge in [0.1, 0.15) is 11.8 Å². The number of nitriles is 2. The molecule has 3 aromatic carbocycles. The normalized spacial score (nSPS) is 11.4. The number of benzene rings is 3. The minimum Gasteiger partial charge on any atom is -0.478 e. The molecule has 0 bridgehead atoms. The van der Waals surface area contributed by atoms with E-state index in [2.05, 4.69) is 22.4 Å². The van der Waals surface area contributed by atoms with Crippen LogP contribution in [0.4, 0.5) is 5.69 Å². The van der Waals surface area contributed by atoms with Gasteiger partial charge >= 0.3 is 5.97 Å². The van der Waals surface area contributed by atoms with E-state index < -0.39 is 5.97 Å². The van der Waals surface area contributed by atoms with Gasteiger partial charge in [-0.15, -0.1) is 0 Å². The van der Waals surface area contributed by atoms with E-state index in [9.17, 15) is 20.4 Å². The summed E-state index contributed by atoms with van der Waals surface area (Å²) < 4.78 is 0. The van der Waals surface area contributed by atoms with Gasteiger partial charge in [-0.3, -0.25) is 0 Å². The van der Waals surface area contributed by atoms with Crippen molar-refractivity contribution in [2.45, 2.75) is 19.9 Å². The van der Waals surface area contributed by atoms with Gasteiger partial charge in [0.15, 0.2) is 5.69 Å². The largest absolute Gasteiger partial charge is 0.478 e. The number of aromatic carboxylic acids is 1. The van der Waals surface area contributed by atoms with E-state index in [0.29, 0.717) is 33.5 Å². The zero-order valence-electron chi connectivity index (χ0n) is 18.0. The molecule has 7 nitrogen and oxygen atoms in total. The highest BCUT2D eigenvalue weighted by Crippen LogP contribution is 2.31. The summed E-state index contributed by atoms with van der Waals surface area (Å²) >= 11 is 0. The molecule has 4 aromatic rings. The number of hydrogen-bond donors (Lipinski definition) is 2. The Kier molecular flexibility index (Phi) is 5.71. The Labute approximate surface area is 190 Å². The number of carboxylic acids is 1. The maximum Gasteiger partial charge on any atom is 0.337 e. The van der Waals surface area contributed by atoms with Crippen molar-refractivity contribution in [3.8, 4) is 23.4 Å². The Bertz CT molecular complexity index is 1480. The fourth-order valence-electron chi connectivity index (χ4n) is 3.78. The number of aryl methyl sites for hydroxylation is 1. The molecule has 4 rings (SSSR count). The van der Waals surface area contributed by atoms with Crippen molar-refractivity contribution >= 4 is 22.7 Å². The van der Waals surface area contributed by atoms with Crippen molar-refractivity contribution in [2.75, 3.05) is 5.32 Å². The monoisotopic (exact) mass is 433 g/mol. The van der Waals surface area contributed by atoms with E-state index in [1.165, 1.54) is 0 Å². The summed E-state index contributed by atoms with van der Waals surface area (Å²) in [6.07, 6.45) is 0. The molecule has 1 aromatic heterocycles. The Morgan fingerprint density at radius 2 is 1.82 bits per heavy atom. The first kappa shape index (κ1) is 21.5. The van der Waals surface area contributed by atoms with Gasteiger partial charge in [0.2, 0.25) is 0 Å². The Morgan fingerprint density at radius 1 is 1.03 bits per heavy atom. The average molecular weight is 433 g/mol.